The van der Waals surface area contributed by atoms with Gasteiger partial charge in [-0.1, -0.05) is 6.92 Å². The van der Waals surface area contributed by atoms with E-state index >= 15 is 0 Å². The first kappa shape index (κ1) is 21.3. The van der Waals surface area contributed by atoms with Crippen molar-refractivity contribution in [3.63, 3.8) is 0 Å². The van der Waals surface area contributed by atoms with Crippen LogP contribution in [0.4, 0.5) is 5.69 Å². The summed E-state index contributed by atoms with van der Waals surface area (Å²) in [5.41, 5.74) is 1.00. The first-order chi connectivity index (χ1) is 14.0. The molecular formula is C20H29N5O3S. The van der Waals surface area contributed by atoms with Gasteiger partial charge in [0.05, 0.1) is 11.2 Å². The number of aromatic nitrogens is 2. The monoisotopic (exact) mass is 419 g/mol. The van der Waals surface area contributed by atoms with Crippen LogP contribution in [-0.2, 0) is 16.6 Å². The largest absolute Gasteiger partial charge is 0.385 e. The van der Waals surface area contributed by atoms with Crippen LogP contribution in [0.1, 0.15) is 43.0 Å². The maximum absolute atomic E-state index is 13.0. The molecule has 0 bridgehead atoms. The molecule has 0 spiro atoms. The number of rotatable bonds is 10. The summed E-state index contributed by atoms with van der Waals surface area (Å²) in [4.78, 5) is 16.8. The number of anilines is 1. The van der Waals surface area contributed by atoms with Crippen LogP contribution in [-0.4, -0.2) is 54.4 Å². The number of benzene rings is 1. The Morgan fingerprint density at radius 2 is 1.97 bits per heavy atom. The summed E-state index contributed by atoms with van der Waals surface area (Å²) in [7, 11) is -3.59. The molecule has 1 fully saturated rings. The Bertz CT molecular complexity index is 906. The lowest BCUT2D eigenvalue weighted by Crippen LogP contribution is -2.29. The summed E-state index contributed by atoms with van der Waals surface area (Å²) < 4.78 is 29.4. The molecule has 2 N–H and O–H groups in total. The number of carbonyl (C=O) groups is 1. The lowest BCUT2D eigenvalue weighted by Gasteiger charge is -2.17. The molecule has 2 aromatic rings. The Hall–Kier alpha value is -2.39. The van der Waals surface area contributed by atoms with Gasteiger partial charge in [0, 0.05) is 56.4 Å². The average molecular weight is 420 g/mol. The first-order valence-corrected chi connectivity index (χ1v) is 11.6. The quantitative estimate of drug-likeness (QED) is 0.576. The summed E-state index contributed by atoms with van der Waals surface area (Å²) in [5, 5.41) is 6.09. The number of imidazole rings is 1. The minimum atomic E-state index is -3.59. The molecule has 1 aromatic heterocycles. The highest BCUT2D eigenvalue weighted by atomic mass is 32.2. The third-order valence-electron chi connectivity index (χ3n) is 4.89. The second kappa shape index (κ2) is 9.89. The third-order valence-corrected chi connectivity index (χ3v) is 6.76. The molecule has 0 unspecified atom stereocenters. The van der Waals surface area contributed by atoms with Crippen LogP contribution in [0.15, 0.2) is 41.8 Å². The topological polar surface area (TPSA) is 96.3 Å². The van der Waals surface area contributed by atoms with Crippen molar-refractivity contribution < 1.29 is 13.2 Å². The van der Waals surface area contributed by atoms with Crippen LogP contribution in [0.3, 0.4) is 0 Å². The smallest absolute Gasteiger partial charge is 0.251 e. The van der Waals surface area contributed by atoms with E-state index in [1.807, 2.05) is 17.7 Å². The normalized spacial score (nSPS) is 14.8. The van der Waals surface area contributed by atoms with Crippen molar-refractivity contribution >= 4 is 21.6 Å². The van der Waals surface area contributed by atoms with Crippen molar-refractivity contribution in [2.24, 2.45) is 0 Å². The van der Waals surface area contributed by atoms with Crippen LogP contribution in [0, 0.1) is 0 Å². The fourth-order valence-corrected chi connectivity index (χ4v) is 4.90. The Labute approximate surface area is 172 Å². The van der Waals surface area contributed by atoms with Crippen molar-refractivity contribution in [1.82, 2.24) is 19.2 Å². The molecule has 8 nitrogen and oxygen atoms in total. The van der Waals surface area contributed by atoms with E-state index in [0.29, 0.717) is 37.4 Å². The van der Waals surface area contributed by atoms with E-state index in [0.717, 1.165) is 32.2 Å². The van der Waals surface area contributed by atoms with Gasteiger partial charge >= 0.3 is 0 Å². The molecule has 1 aliphatic heterocycles. The molecule has 0 radical (unpaired) electrons. The van der Waals surface area contributed by atoms with Crippen molar-refractivity contribution in [2.75, 3.05) is 31.5 Å². The van der Waals surface area contributed by atoms with E-state index in [-0.39, 0.29) is 10.8 Å². The van der Waals surface area contributed by atoms with Crippen LogP contribution in [0.25, 0.3) is 0 Å². The average Bonchev–Trinajstić information content (AvgIpc) is 3.43. The van der Waals surface area contributed by atoms with Gasteiger partial charge in [-0.05, 0) is 43.9 Å². The molecule has 158 valence electrons. The maximum atomic E-state index is 13.0. The highest BCUT2D eigenvalue weighted by Crippen LogP contribution is 2.25. The maximum Gasteiger partial charge on any atom is 0.251 e. The van der Waals surface area contributed by atoms with Gasteiger partial charge in [-0.3, -0.25) is 4.79 Å². The number of carbonyl (C=O) groups excluding carboxylic acids is 1. The summed E-state index contributed by atoms with van der Waals surface area (Å²) >= 11 is 0. The van der Waals surface area contributed by atoms with Crippen molar-refractivity contribution in [3.8, 4) is 0 Å². The highest BCUT2D eigenvalue weighted by molar-refractivity contribution is 7.89. The number of nitrogens with one attached hydrogen (secondary N) is 2. The SMILES string of the molecule is CCCNc1cc(C(=O)NCCCn2ccnc2)cc(S(=O)(=O)N2CCCC2)c1. The molecular weight excluding hydrogens is 390 g/mol. The van der Waals surface area contributed by atoms with E-state index < -0.39 is 10.0 Å². The fraction of sp³-hybridized carbons (Fsp3) is 0.500. The minimum absolute atomic E-state index is 0.170. The van der Waals surface area contributed by atoms with E-state index in [1.165, 1.54) is 10.4 Å². The molecule has 1 aromatic carbocycles. The lowest BCUT2D eigenvalue weighted by atomic mass is 10.2. The Kier molecular flexibility index (Phi) is 7.27. The Balaban J connectivity index is 1.72. The summed E-state index contributed by atoms with van der Waals surface area (Å²) in [6.07, 6.45) is 8.73. The highest BCUT2D eigenvalue weighted by Gasteiger charge is 2.28. The second-order valence-electron chi connectivity index (χ2n) is 7.19. The van der Waals surface area contributed by atoms with Gasteiger partial charge in [0.15, 0.2) is 0 Å². The Morgan fingerprint density at radius 1 is 1.17 bits per heavy atom. The fourth-order valence-electron chi connectivity index (χ4n) is 3.31. The molecule has 2 heterocycles. The number of nitrogens with zero attached hydrogens (tertiary/aromatic N) is 3. The second-order valence-corrected chi connectivity index (χ2v) is 9.13. The van der Waals surface area contributed by atoms with Gasteiger partial charge in [0.25, 0.3) is 5.91 Å². The van der Waals surface area contributed by atoms with Gasteiger partial charge in [-0.2, -0.15) is 4.31 Å². The lowest BCUT2D eigenvalue weighted by molar-refractivity contribution is 0.0952. The van der Waals surface area contributed by atoms with Crippen LogP contribution >= 0.6 is 0 Å². The number of aryl methyl sites for hydroxylation is 1. The van der Waals surface area contributed by atoms with Gasteiger partial charge in [-0.25, -0.2) is 13.4 Å². The van der Waals surface area contributed by atoms with Crippen molar-refractivity contribution in [1.29, 1.82) is 0 Å². The molecule has 0 atom stereocenters. The van der Waals surface area contributed by atoms with Gasteiger partial charge < -0.3 is 15.2 Å². The zero-order valence-electron chi connectivity index (χ0n) is 16.8. The van der Waals surface area contributed by atoms with E-state index in [1.54, 1.807) is 24.7 Å². The standard InChI is InChI=1S/C20H29N5O3S/c1-2-6-22-18-13-17(20(26)23-7-5-9-24-12-8-21-16-24)14-19(15-18)29(27,28)25-10-3-4-11-25/h8,12-16,22H,2-7,9-11H2,1H3,(H,23,26). The molecule has 1 saturated heterocycles. The van der Waals surface area contributed by atoms with Crippen LogP contribution in [0.2, 0.25) is 0 Å². The summed E-state index contributed by atoms with van der Waals surface area (Å²) in [6, 6.07) is 4.82. The summed E-state index contributed by atoms with van der Waals surface area (Å²) in [5.74, 6) is -0.270. The van der Waals surface area contributed by atoms with Gasteiger partial charge in [0.2, 0.25) is 10.0 Å². The molecule has 0 aliphatic carbocycles. The van der Waals surface area contributed by atoms with E-state index in [2.05, 4.69) is 15.6 Å². The number of amides is 1. The number of sulfonamides is 1. The summed E-state index contributed by atoms with van der Waals surface area (Å²) in [6.45, 7) is 5.06. The first-order valence-electron chi connectivity index (χ1n) is 10.1. The predicted octanol–water partition coefficient (Wildman–Crippen LogP) is 2.31. The molecule has 9 heteroatoms. The number of hydrogen-bond acceptors (Lipinski definition) is 5. The molecule has 3 rings (SSSR count). The molecule has 0 saturated carbocycles. The predicted molar refractivity (Wildman–Crippen MR) is 112 cm³/mol. The zero-order valence-corrected chi connectivity index (χ0v) is 17.6. The van der Waals surface area contributed by atoms with Gasteiger partial charge in [0.1, 0.15) is 0 Å². The van der Waals surface area contributed by atoms with Gasteiger partial charge in [-0.15, -0.1) is 0 Å². The van der Waals surface area contributed by atoms with Crippen LogP contribution < -0.4 is 10.6 Å². The van der Waals surface area contributed by atoms with Crippen LogP contribution in [0.5, 0.6) is 0 Å². The molecule has 1 aliphatic rings. The minimum Gasteiger partial charge on any atom is -0.385 e. The van der Waals surface area contributed by atoms with E-state index in [9.17, 15) is 13.2 Å². The zero-order chi connectivity index (χ0) is 20.7. The van der Waals surface area contributed by atoms with E-state index in [4.69, 9.17) is 0 Å². The Morgan fingerprint density at radius 3 is 2.66 bits per heavy atom. The van der Waals surface area contributed by atoms with Crippen molar-refractivity contribution in [2.45, 2.75) is 44.0 Å². The van der Waals surface area contributed by atoms with Crippen molar-refractivity contribution in [3.05, 3.63) is 42.5 Å². The number of hydrogen-bond donors (Lipinski definition) is 2. The molecule has 29 heavy (non-hydrogen) atoms. The molecule has 1 amide bonds. The third kappa shape index (κ3) is 5.57.